The van der Waals surface area contributed by atoms with Crippen molar-refractivity contribution in [2.75, 3.05) is 13.7 Å². The third-order valence-electron chi connectivity index (χ3n) is 3.50. The van der Waals surface area contributed by atoms with Gasteiger partial charge in [0.2, 0.25) is 0 Å². The van der Waals surface area contributed by atoms with E-state index in [1.54, 1.807) is 7.11 Å². The molecular weight excluding hydrogens is 373 g/mol. The largest absolute Gasteiger partial charge is 0.496 e. The van der Waals surface area contributed by atoms with E-state index >= 15 is 0 Å². The van der Waals surface area contributed by atoms with Crippen molar-refractivity contribution in [3.63, 3.8) is 0 Å². The van der Waals surface area contributed by atoms with Gasteiger partial charge in [-0.1, -0.05) is 36.8 Å². The molecule has 2 aromatic rings. The van der Waals surface area contributed by atoms with Crippen LogP contribution in [0.2, 0.25) is 0 Å². The van der Waals surface area contributed by atoms with Gasteiger partial charge in [0, 0.05) is 9.13 Å². The van der Waals surface area contributed by atoms with E-state index in [1.807, 2.05) is 0 Å². The van der Waals surface area contributed by atoms with Gasteiger partial charge >= 0.3 is 0 Å². The molecule has 0 heterocycles. The molecule has 0 amide bonds. The molecule has 0 aliphatic heterocycles. The first-order valence-corrected chi connectivity index (χ1v) is 8.37. The van der Waals surface area contributed by atoms with Crippen molar-refractivity contribution in [1.82, 2.24) is 5.32 Å². The number of ether oxygens (including phenoxy) is 1. The van der Waals surface area contributed by atoms with Crippen molar-refractivity contribution in [1.29, 1.82) is 0 Å². The second-order valence-electron chi connectivity index (χ2n) is 5.18. The van der Waals surface area contributed by atoms with Crippen LogP contribution in [-0.2, 0) is 0 Å². The molecule has 2 aromatic carbocycles. The first-order valence-electron chi connectivity index (χ1n) is 7.29. The first kappa shape index (κ1) is 16.3. The molecule has 0 saturated carbocycles. The first-order chi connectivity index (χ1) is 10.2. The molecule has 0 bridgehead atoms. The van der Waals surface area contributed by atoms with Crippen LogP contribution >= 0.6 is 22.6 Å². The highest BCUT2D eigenvalue weighted by atomic mass is 127. The summed E-state index contributed by atoms with van der Waals surface area (Å²) in [6, 6.07) is 15.2. The van der Waals surface area contributed by atoms with Crippen molar-refractivity contribution < 1.29 is 4.74 Å². The highest BCUT2D eigenvalue weighted by Gasteiger charge is 2.17. The Morgan fingerprint density at radius 1 is 1.14 bits per heavy atom. The fourth-order valence-electron chi connectivity index (χ4n) is 2.43. The minimum Gasteiger partial charge on any atom is -0.496 e. The maximum atomic E-state index is 5.57. The van der Waals surface area contributed by atoms with E-state index in [-0.39, 0.29) is 6.04 Å². The molecule has 1 atom stereocenters. The molecule has 112 valence electrons. The lowest BCUT2D eigenvalue weighted by Gasteiger charge is -2.22. The number of halogens is 1. The molecule has 1 unspecified atom stereocenters. The van der Waals surface area contributed by atoms with Gasteiger partial charge in [-0.3, -0.25) is 0 Å². The van der Waals surface area contributed by atoms with Crippen LogP contribution in [0.15, 0.2) is 42.5 Å². The SMILES string of the molecule is CCCNC(c1ccc(I)cc1)c1cc(C)ccc1OC. The highest BCUT2D eigenvalue weighted by molar-refractivity contribution is 14.1. The Morgan fingerprint density at radius 3 is 2.48 bits per heavy atom. The zero-order valence-electron chi connectivity index (χ0n) is 12.8. The molecule has 0 aliphatic carbocycles. The van der Waals surface area contributed by atoms with E-state index in [0.717, 1.165) is 18.7 Å². The Labute approximate surface area is 141 Å². The maximum absolute atomic E-state index is 5.57. The smallest absolute Gasteiger partial charge is 0.123 e. The molecule has 0 radical (unpaired) electrons. The molecule has 0 spiro atoms. The second-order valence-corrected chi connectivity index (χ2v) is 6.43. The predicted molar refractivity (Wildman–Crippen MR) is 97.0 cm³/mol. The summed E-state index contributed by atoms with van der Waals surface area (Å²) in [7, 11) is 1.74. The van der Waals surface area contributed by atoms with Crippen molar-refractivity contribution in [3.8, 4) is 5.75 Å². The average molecular weight is 395 g/mol. The molecule has 0 aliphatic rings. The van der Waals surface area contributed by atoms with Crippen LogP contribution < -0.4 is 10.1 Å². The summed E-state index contributed by atoms with van der Waals surface area (Å²) < 4.78 is 6.82. The van der Waals surface area contributed by atoms with E-state index in [4.69, 9.17) is 4.74 Å². The van der Waals surface area contributed by atoms with Crippen LogP contribution in [0.3, 0.4) is 0 Å². The summed E-state index contributed by atoms with van der Waals surface area (Å²) in [5, 5.41) is 3.64. The van der Waals surface area contributed by atoms with Crippen LogP contribution in [0.4, 0.5) is 0 Å². The molecule has 3 heteroatoms. The van der Waals surface area contributed by atoms with Gasteiger partial charge < -0.3 is 10.1 Å². The summed E-state index contributed by atoms with van der Waals surface area (Å²) in [4.78, 5) is 0. The zero-order chi connectivity index (χ0) is 15.2. The van der Waals surface area contributed by atoms with E-state index in [2.05, 4.69) is 84.2 Å². The van der Waals surface area contributed by atoms with E-state index in [1.165, 1.54) is 20.3 Å². The predicted octanol–water partition coefficient (Wildman–Crippen LogP) is 4.70. The van der Waals surface area contributed by atoms with Gasteiger partial charge in [-0.05, 0) is 66.2 Å². The molecule has 21 heavy (non-hydrogen) atoms. The quantitative estimate of drug-likeness (QED) is 0.717. The Morgan fingerprint density at radius 2 is 1.86 bits per heavy atom. The third-order valence-corrected chi connectivity index (χ3v) is 4.22. The lowest BCUT2D eigenvalue weighted by atomic mass is 9.96. The molecule has 1 N–H and O–H groups in total. The molecule has 2 rings (SSSR count). The van der Waals surface area contributed by atoms with Crippen LogP contribution in [0.25, 0.3) is 0 Å². The molecular formula is C18H22INO. The monoisotopic (exact) mass is 395 g/mol. The number of aryl methyl sites for hydroxylation is 1. The van der Waals surface area contributed by atoms with Crippen molar-refractivity contribution in [2.45, 2.75) is 26.3 Å². The van der Waals surface area contributed by atoms with Gasteiger partial charge in [-0.2, -0.15) is 0 Å². The number of methoxy groups -OCH3 is 1. The Kier molecular flexibility index (Phi) is 6.06. The maximum Gasteiger partial charge on any atom is 0.123 e. The summed E-state index contributed by atoms with van der Waals surface area (Å²) in [6.45, 7) is 5.28. The van der Waals surface area contributed by atoms with Gasteiger partial charge in [0.15, 0.2) is 0 Å². The Bertz CT molecular complexity index is 580. The third kappa shape index (κ3) is 4.20. The number of nitrogens with one attached hydrogen (secondary N) is 1. The van der Waals surface area contributed by atoms with Crippen LogP contribution in [-0.4, -0.2) is 13.7 Å². The van der Waals surface area contributed by atoms with Gasteiger partial charge in [0.25, 0.3) is 0 Å². The Hall–Kier alpha value is -1.07. The minimum atomic E-state index is 0.164. The number of hydrogen-bond acceptors (Lipinski definition) is 2. The average Bonchev–Trinajstić information content (AvgIpc) is 2.49. The van der Waals surface area contributed by atoms with Crippen LogP contribution in [0, 0.1) is 10.5 Å². The topological polar surface area (TPSA) is 21.3 Å². The van der Waals surface area contributed by atoms with E-state index in [9.17, 15) is 0 Å². The fraction of sp³-hybridized carbons (Fsp3) is 0.333. The zero-order valence-corrected chi connectivity index (χ0v) is 15.0. The van der Waals surface area contributed by atoms with Crippen LogP contribution in [0.1, 0.15) is 36.1 Å². The van der Waals surface area contributed by atoms with Gasteiger partial charge in [0.1, 0.15) is 5.75 Å². The Balaban J connectivity index is 2.44. The van der Waals surface area contributed by atoms with Crippen molar-refractivity contribution >= 4 is 22.6 Å². The molecule has 0 aromatic heterocycles. The lowest BCUT2D eigenvalue weighted by molar-refractivity contribution is 0.403. The summed E-state index contributed by atoms with van der Waals surface area (Å²) in [6.07, 6.45) is 1.11. The number of benzene rings is 2. The summed E-state index contributed by atoms with van der Waals surface area (Å²) >= 11 is 2.34. The number of hydrogen-bond donors (Lipinski definition) is 1. The second kappa shape index (κ2) is 7.80. The summed E-state index contributed by atoms with van der Waals surface area (Å²) in [5.74, 6) is 0.938. The van der Waals surface area contributed by atoms with Crippen LogP contribution in [0.5, 0.6) is 5.75 Å². The van der Waals surface area contributed by atoms with Gasteiger partial charge in [-0.25, -0.2) is 0 Å². The molecule has 0 fully saturated rings. The number of rotatable bonds is 6. The molecule has 2 nitrogen and oxygen atoms in total. The lowest BCUT2D eigenvalue weighted by Crippen LogP contribution is -2.23. The standard InChI is InChI=1S/C18H22INO/c1-4-11-20-18(14-6-8-15(19)9-7-14)16-12-13(2)5-10-17(16)21-3/h5-10,12,18,20H,4,11H2,1-3H3. The van der Waals surface area contributed by atoms with Crippen molar-refractivity contribution in [3.05, 3.63) is 62.7 Å². The minimum absolute atomic E-state index is 0.164. The van der Waals surface area contributed by atoms with E-state index in [0.29, 0.717) is 0 Å². The molecule has 0 saturated heterocycles. The highest BCUT2D eigenvalue weighted by Crippen LogP contribution is 2.31. The van der Waals surface area contributed by atoms with E-state index < -0.39 is 0 Å². The van der Waals surface area contributed by atoms with Gasteiger partial charge in [-0.15, -0.1) is 0 Å². The fourth-order valence-corrected chi connectivity index (χ4v) is 2.79. The van der Waals surface area contributed by atoms with Crippen molar-refractivity contribution in [2.24, 2.45) is 0 Å². The van der Waals surface area contributed by atoms with Gasteiger partial charge in [0.05, 0.1) is 13.2 Å². The summed E-state index contributed by atoms with van der Waals surface area (Å²) in [5.41, 5.74) is 3.72. The normalized spacial score (nSPS) is 12.2.